The molecule has 2 aliphatic rings. The fourth-order valence-corrected chi connectivity index (χ4v) is 5.08. The molecular formula is C20H21N11O3. The summed E-state index contributed by atoms with van der Waals surface area (Å²) in [4.78, 5) is 34.4. The molecule has 0 spiro atoms. The third-order valence-corrected chi connectivity index (χ3v) is 6.78. The van der Waals surface area contributed by atoms with Crippen LogP contribution in [0.5, 0.6) is 0 Å². The van der Waals surface area contributed by atoms with E-state index in [4.69, 9.17) is 0 Å². The molecule has 2 fully saturated rings. The van der Waals surface area contributed by atoms with E-state index in [0.29, 0.717) is 34.9 Å². The van der Waals surface area contributed by atoms with Crippen molar-refractivity contribution in [1.82, 2.24) is 49.8 Å². The van der Waals surface area contributed by atoms with Crippen LogP contribution in [0.15, 0.2) is 31.0 Å². The standard InChI is InChI=1S/C20H21N11O3/c1-21-16-11-17(27-19(26-16)31-7-10(28-29-31)15-23-4-3-5-24-15)30(8-25-11)12-9-6-20(9,18(34)22-2)14(33)13(12)32/h3-5,7-9,12-14,32-33H,6H2,1-2H3,(H,22,34)(H,21,26,27)/t9?,12-,13+,14?,20-/m1/s1. The van der Waals surface area contributed by atoms with Gasteiger partial charge in [-0.15, -0.1) is 5.10 Å². The second-order valence-electron chi connectivity index (χ2n) is 8.42. The van der Waals surface area contributed by atoms with Crippen LogP contribution in [-0.2, 0) is 4.79 Å². The van der Waals surface area contributed by atoms with Crippen LogP contribution in [0.4, 0.5) is 5.82 Å². The third-order valence-electron chi connectivity index (χ3n) is 6.78. The van der Waals surface area contributed by atoms with Crippen molar-refractivity contribution in [3.05, 3.63) is 31.0 Å². The number of aliphatic hydroxyl groups excluding tert-OH is 2. The molecule has 6 rings (SSSR count). The van der Waals surface area contributed by atoms with Crippen molar-refractivity contribution in [3.8, 4) is 17.5 Å². The maximum absolute atomic E-state index is 12.5. The molecule has 5 atom stereocenters. The minimum Gasteiger partial charge on any atom is -0.389 e. The fourth-order valence-electron chi connectivity index (χ4n) is 5.08. The number of anilines is 1. The highest BCUT2D eigenvalue weighted by atomic mass is 16.3. The van der Waals surface area contributed by atoms with Gasteiger partial charge in [0.05, 0.1) is 30.1 Å². The van der Waals surface area contributed by atoms with E-state index in [1.807, 2.05) is 0 Å². The highest BCUT2D eigenvalue weighted by Gasteiger charge is 2.75. The van der Waals surface area contributed by atoms with E-state index in [2.05, 4.69) is 45.9 Å². The number of fused-ring (bicyclic) bond motifs is 2. The Morgan fingerprint density at radius 3 is 2.71 bits per heavy atom. The van der Waals surface area contributed by atoms with Gasteiger partial charge in [0.15, 0.2) is 28.5 Å². The number of imidazole rings is 1. The summed E-state index contributed by atoms with van der Waals surface area (Å²) < 4.78 is 3.10. The molecule has 0 aromatic carbocycles. The molecule has 0 saturated heterocycles. The Hall–Kier alpha value is -4.04. The topological polar surface area (TPSA) is 182 Å². The lowest BCUT2D eigenvalue weighted by molar-refractivity contribution is -0.132. The number of hydrogen-bond donors (Lipinski definition) is 4. The zero-order valence-corrected chi connectivity index (χ0v) is 18.2. The molecule has 2 unspecified atom stereocenters. The van der Waals surface area contributed by atoms with Crippen LogP contribution in [0.1, 0.15) is 12.5 Å². The normalized spacial score (nSPS) is 27.5. The Labute approximate surface area is 192 Å². The monoisotopic (exact) mass is 463 g/mol. The number of amides is 1. The van der Waals surface area contributed by atoms with Crippen LogP contribution in [0, 0.1) is 11.3 Å². The van der Waals surface area contributed by atoms with E-state index in [1.165, 1.54) is 11.7 Å². The van der Waals surface area contributed by atoms with Gasteiger partial charge in [0.2, 0.25) is 5.91 Å². The SMILES string of the molecule is CNC(=O)[C@]12CC1[C@@H](n1cnc3c(NC)nc(-n4cc(-c5ncccn5)nn4)nc31)[C@H](O)C2O. The molecule has 174 valence electrons. The van der Waals surface area contributed by atoms with Crippen molar-refractivity contribution in [2.45, 2.75) is 24.7 Å². The van der Waals surface area contributed by atoms with E-state index in [1.54, 1.807) is 42.6 Å². The first-order valence-corrected chi connectivity index (χ1v) is 10.7. The molecule has 34 heavy (non-hydrogen) atoms. The van der Waals surface area contributed by atoms with Crippen LogP contribution in [0.2, 0.25) is 0 Å². The number of aromatic nitrogens is 9. The number of rotatable bonds is 5. The predicted octanol–water partition coefficient (Wildman–Crippen LogP) is -1.07. The third kappa shape index (κ3) is 2.69. The lowest BCUT2D eigenvalue weighted by atomic mass is 9.98. The Morgan fingerprint density at radius 2 is 1.97 bits per heavy atom. The molecule has 2 saturated carbocycles. The molecule has 1 amide bonds. The average molecular weight is 463 g/mol. The number of nitrogens with one attached hydrogen (secondary N) is 2. The molecular weight excluding hydrogens is 442 g/mol. The summed E-state index contributed by atoms with van der Waals surface area (Å²) in [7, 11) is 3.23. The van der Waals surface area contributed by atoms with E-state index >= 15 is 0 Å². The van der Waals surface area contributed by atoms with Crippen molar-refractivity contribution in [1.29, 1.82) is 0 Å². The van der Waals surface area contributed by atoms with E-state index in [9.17, 15) is 15.0 Å². The van der Waals surface area contributed by atoms with Gasteiger partial charge < -0.3 is 25.4 Å². The van der Waals surface area contributed by atoms with Crippen LogP contribution in [0.3, 0.4) is 0 Å². The van der Waals surface area contributed by atoms with Crippen molar-refractivity contribution in [2.75, 3.05) is 19.4 Å². The molecule has 4 heterocycles. The van der Waals surface area contributed by atoms with Crippen LogP contribution >= 0.6 is 0 Å². The Bertz CT molecular complexity index is 1400. The molecule has 14 nitrogen and oxygen atoms in total. The molecule has 4 N–H and O–H groups in total. The summed E-state index contributed by atoms with van der Waals surface area (Å²) in [5.74, 6) is 0.555. The first-order valence-electron chi connectivity index (χ1n) is 10.7. The van der Waals surface area contributed by atoms with Crippen LogP contribution < -0.4 is 10.6 Å². The summed E-state index contributed by atoms with van der Waals surface area (Å²) in [5.41, 5.74) is 0.357. The second kappa shape index (κ2) is 7.23. The predicted molar refractivity (Wildman–Crippen MR) is 116 cm³/mol. The van der Waals surface area contributed by atoms with Gasteiger partial charge in [0, 0.05) is 32.4 Å². The van der Waals surface area contributed by atoms with Crippen molar-refractivity contribution in [2.24, 2.45) is 11.3 Å². The van der Waals surface area contributed by atoms with Crippen LogP contribution in [0.25, 0.3) is 28.6 Å². The van der Waals surface area contributed by atoms with Gasteiger partial charge in [-0.05, 0) is 12.5 Å². The first-order chi connectivity index (χ1) is 16.5. The summed E-state index contributed by atoms with van der Waals surface area (Å²) in [6, 6.07) is 1.13. The molecule has 4 aromatic heterocycles. The second-order valence-corrected chi connectivity index (χ2v) is 8.42. The number of carbonyl (C=O) groups excluding carboxylic acids is 1. The van der Waals surface area contributed by atoms with E-state index in [0.717, 1.165) is 0 Å². The molecule has 2 aliphatic carbocycles. The number of nitrogens with zero attached hydrogens (tertiary/aromatic N) is 9. The van der Waals surface area contributed by atoms with Crippen molar-refractivity contribution < 1.29 is 15.0 Å². The zero-order chi connectivity index (χ0) is 23.6. The van der Waals surface area contributed by atoms with E-state index in [-0.39, 0.29) is 17.8 Å². The van der Waals surface area contributed by atoms with E-state index < -0.39 is 23.7 Å². The largest absolute Gasteiger partial charge is 0.389 e. The maximum Gasteiger partial charge on any atom is 0.256 e. The Balaban J connectivity index is 1.44. The van der Waals surface area contributed by atoms with Crippen molar-refractivity contribution >= 4 is 22.9 Å². The first kappa shape index (κ1) is 20.6. The lowest BCUT2D eigenvalue weighted by Gasteiger charge is -2.23. The summed E-state index contributed by atoms with van der Waals surface area (Å²) in [6.07, 6.45) is 4.51. The summed E-state index contributed by atoms with van der Waals surface area (Å²) in [5, 5.41) is 35.4. The molecule has 0 aliphatic heterocycles. The molecule has 4 aromatic rings. The zero-order valence-electron chi connectivity index (χ0n) is 18.2. The average Bonchev–Trinajstić information content (AvgIpc) is 3.14. The summed E-state index contributed by atoms with van der Waals surface area (Å²) in [6.45, 7) is 0. The quantitative estimate of drug-likeness (QED) is 0.283. The molecule has 0 radical (unpaired) electrons. The Kier molecular flexibility index (Phi) is 4.37. The number of aliphatic hydroxyl groups is 2. The molecule has 14 heteroatoms. The van der Waals surface area contributed by atoms with Gasteiger partial charge in [-0.1, -0.05) is 5.21 Å². The number of carbonyl (C=O) groups is 1. The highest BCUT2D eigenvalue weighted by molar-refractivity contribution is 5.88. The van der Waals surface area contributed by atoms with Gasteiger partial charge in [-0.3, -0.25) is 4.79 Å². The van der Waals surface area contributed by atoms with Gasteiger partial charge in [0.25, 0.3) is 5.95 Å². The van der Waals surface area contributed by atoms with Crippen molar-refractivity contribution in [3.63, 3.8) is 0 Å². The minimum absolute atomic E-state index is 0.217. The highest BCUT2D eigenvalue weighted by Crippen LogP contribution is 2.67. The van der Waals surface area contributed by atoms with Gasteiger partial charge in [-0.25, -0.2) is 15.0 Å². The summed E-state index contributed by atoms with van der Waals surface area (Å²) >= 11 is 0. The fraction of sp³-hybridized carbons (Fsp3) is 0.400. The molecule has 0 bridgehead atoms. The van der Waals surface area contributed by atoms with Crippen LogP contribution in [-0.4, -0.2) is 86.9 Å². The maximum atomic E-state index is 12.5. The Morgan fingerprint density at radius 1 is 1.18 bits per heavy atom. The minimum atomic E-state index is -1.19. The van der Waals surface area contributed by atoms with Gasteiger partial charge >= 0.3 is 0 Å². The number of hydrogen-bond acceptors (Lipinski definition) is 11. The smallest absolute Gasteiger partial charge is 0.256 e. The van der Waals surface area contributed by atoms with Gasteiger partial charge in [0.1, 0.15) is 6.10 Å². The van der Waals surface area contributed by atoms with Gasteiger partial charge in [-0.2, -0.15) is 14.6 Å². The lowest BCUT2D eigenvalue weighted by Crippen LogP contribution is -2.41.